The minimum absolute atomic E-state index is 0.184. The summed E-state index contributed by atoms with van der Waals surface area (Å²) in [7, 11) is -5.40. The van der Waals surface area contributed by atoms with E-state index >= 15 is 0 Å². The number of carbonyl (C=O) groups excluding carboxylic acids is 1. The first-order chi connectivity index (χ1) is 8.57. The first-order valence-corrected chi connectivity index (χ1v) is 9.44. The Kier molecular flexibility index (Phi) is 7.00. The van der Waals surface area contributed by atoms with Gasteiger partial charge in [-0.2, -0.15) is 5.26 Å². The Morgan fingerprint density at radius 2 is 1.74 bits per heavy atom. The largest absolute Gasteiger partial charge is 0.345 e. The zero-order valence-corrected chi connectivity index (χ0v) is 12.6. The van der Waals surface area contributed by atoms with Crippen LogP contribution in [0.3, 0.4) is 0 Å². The highest BCUT2D eigenvalue weighted by molar-refractivity contribution is 7.94. The van der Waals surface area contributed by atoms with Gasteiger partial charge in [0.1, 0.15) is 9.84 Å². The van der Waals surface area contributed by atoms with Crippen molar-refractivity contribution in [2.45, 2.75) is 12.8 Å². The molecule has 0 radical (unpaired) electrons. The molecule has 0 bridgehead atoms. The SMILES string of the molecule is CN(CCC#N)C(=O)CCS(=O)(=O)CCS(C)(=O)=O. The molecule has 1 amide bonds. The number of nitrogens with zero attached hydrogens (tertiary/aromatic N) is 2. The summed E-state index contributed by atoms with van der Waals surface area (Å²) in [6, 6.07) is 1.88. The molecule has 0 rings (SSSR count). The van der Waals surface area contributed by atoms with E-state index in [0.717, 1.165) is 6.26 Å². The van der Waals surface area contributed by atoms with Gasteiger partial charge in [0.2, 0.25) is 5.91 Å². The monoisotopic (exact) mass is 310 g/mol. The first-order valence-electron chi connectivity index (χ1n) is 5.56. The molecule has 0 N–H and O–H groups in total. The predicted molar refractivity (Wildman–Crippen MR) is 70.8 cm³/mol. The molecule has 7 nitrogen and oxygen atoms in total. The predicted octanol–water partition coefficient (Wildman–Crippen LogP) is -0.792. The lowest BCUT2D eigenvalue weighted by Gasteiger charge is -2.15. The molecule has 0 aliphatic heterocycles. The van der Waals surface area contributed by atoms with Crippen LogP contribution in [0.2, 0.25) is 0 Å². The summed E-state index contributed by atoms with van der Waals surface area (Å²) in [4.78, 5) is 12.8. The van der Waals surface area contributed by atoms with Crippen molar-refractivity contribution in [3.05, 3.63) is 0 Å². The van der Waals surface area contributed by atoms with Gasteiger partial charge in [0.25, 0.3) is 0 Å². The van der Waals surface area contributed by atoms with Crippen LogP contribution in [0, 0.1) is 11.3 Å². The molecule has 19 heavy (non-hydrogen) atoms. The number of amides is 1. The third kappa shape index (κ3) is 9.44. The molecule has 0 heterocycles. The average molecular weight is 310 g/mol. The summed E-state index contributed by atoms with van der Waals surface area (Å²) < 4.78 is 44.8. The lowest BCUT2D eigenvalue weighted by atomic mass is 10.3. The summed E-state index contributed by atoms with van der Waals surface area (Å²) in [5.74, 6) is -1.66. The standard InChI is InChI=1S/C10H18N2O5S2/c1-12(6-3-5-11)10(13)4-7-19(16,17)9-8-18(2,14)15/h3-4,6-9H2,1-2H3. The fourth-order valence-electron chi connectivity index (χ4n) is 1.16. The highest BCUT2D eigenvalue weighted by Gasteiger charge is 2.18. The quantitative estimate of drug-likeness (QED) is 0.580. The van der Waals surface area contributed by atoms with Crippen molar-refractivity contribution in [3.8, 4) is 6.07 Å². The molecule has 0 aromatic heterocycles. The second-order valence-electron chi connectivity index (χ2n) is 4.26. The van der Waals surface area contributed by atoms with Crippen molar-refractivity contribution >= 4 is 25.6 Å². The highest BCUT2D eigenvalue weighted by Crippen LogP contribution is 2.00. The van der Waals surface area contributed by atoms with Crippen LogP contribution in [0.5, 0.6) is 0 Å². The van der Waals surface area contributed by atoms with Gasteiger partial charge >= 0.3 is 0 Å². The van der Waals surface area contributed by atoms with Gasteiger partial charge in [-0.1, -0.05) is 0 Å². The number of hydrogen-bond acceptors (Lipinski definition) is 6. The van der Waals surface area contributed by atoms with Crippen molar-refractivity contribution in [2.24, 2.45) is 0 Å². The van der Waals surface area contributed by atoms with Crippen LogP contribution >= 0.6 is 0 Å². The van der Waals surface area contributed by atoms with Crippen LogP contribution in [-0.4, -0.2) is 64.7 Å². The van der Waals surface area contributed by atoms with E-state index < -0.39 is 31.2 Å². The van der Waals surface area contributed by atoms with E-state index in [1.807, 2.05) is 6.07 Å². The first kappa shape index (κ1) is 17.9. The van der Waals surface area contributed by atoms with Gasteiger partial charge in [0.15, 0.2) is 9.84 Å². The van der Waals surface area contributed by atoms with E-state index in [2.05, 4.69) is 0 Å². The van der Waals surface area contributed by atoms with Crippen molar-refractivity contribution in [2.75, 3.05) is 37.1 Å². The minimum Gasteiger partial charge on any atom is -0.345 e. The maximum atomic E-state index is 11.5. The molecule has 9 heteroatoms. The average Bonchev–Trinajstić information content (AvgIpc) is 2.30. The molecule has 0 aromatic carbocycles. The summed E-state index contributed by atoms with van der Waals surface area (Å²) in [6.07, 6.45) is 0.945. The number of carbonyl (C=O) groups is 1. The van der Waals surface area contributed by atoms with E-state index in [-0.39, 0.29) is 31.0 Å². The van der Waals surface area contributed by atoms with Crippen molar-refractivity contribution in [3.63, 3.8) is 0 Å². The zero-order valence-electron chi connectivity index (χ0n) is 11.0. The van der Waals surface area contributed by atoms with Gasteiger partial charge < -0.3 is 4.90 Å². The summed E-state index contributed by atoms with van der Waals surface area (Å²) in [5, 5.41) is 8.36. The molecule has 0 aromatic rings. The maximum Gasteiger partial charge on any atom is 0.223 e. The van der Waals surface area contributed by atoms with Crippen LogP contribution in [0.25, 0.3) is 0 Å². The number of sulfone groups is 2. The van der Waals surface area contributed by atoms with E-state index in [0.29, 0.717) is 0 Å². The van der Waals surface area contributed by atoms with E-state index in [4.69, 9.17) is 5.26 Å². The van der Waals surface area contributed by atoms with E-state index in [1.165, 1.54) is 11.9 Å². The highest BCUT2D eigenvalue weighted by atomic mass is 32.2. The van der Waals surface area contributed by atoms with Gasteiger partial charge in [-0.05, 0) is 0 Å². The lowest BCUT2D eigenvalue weighted by molar-refractivity contribution is -0.129. The Morgan fingerprint density at radius 1 is 1.16 bits per heavy atom. The van der Waals surface area contributed by atoms with Gasteiger partial charge in [-0.3, -0.25) is 4.79 Å². The molecule has 0 aliphatic carbocycles. The molecule has 0 fully saturated rings. The van der Waals surface area contributed by atoms with Gasteiger partial charge in [-0.15, -0.1) is 0 Å². The number of nitriles is 1. The van der Waals surface area contributed by atoms with Crippen LogP contribution < -0.4 is 0 Å². The molecule has 0 atom stereocenters. The Balaban J connectivity index is 4.25. The molecule has 0 saturated heterocycles. The fraction of sp³-hybridized carbons (Fsp3) is 0.800. The molecule has 110 valence electrons. The van der Waals surface area contributed by atoms with Gasteiger partial charge in [0, 0.05) is 26.3 Å². The molecular formula is C10H18N2O5S2. The number of rotatable bonds is 8. The smallest absolute Gasteiger partial charge is 0.223 e. The normalized spacial score (nSPS) is 11.8. The Labute approximate surface area is 114 Å². The molecule has 0 aliphatic rings. The van der Waals surface area contributed by atoms with Crippen LogP contribution in [0.15, 0.2) is 0 Å². The second kappa shape index (κ2) is 7.45. The summed E-state index contributed by atoms with van der Waals surface area (Å²) in [6.45, 7) is 0.249. The summed E-state index contributed by atoms with van der Waals surface area (Å²) >= 11 is 0. The van der Waals surface area contributed by atoms with Crippen LogP contribution in [-0.2, 0) is 24.5 Å². The zero-order chi connectivity index (χ0) is 15.1. The maximum absolute atomic E-state index is 11.5. The third-order valence-electron chi connectivity index (χ3n) is 2.38. The molecule has 0 saturated carbocycles. The fourth-order valence-corrected chi connectivity index (χ4v) is 4.07. The van der Waals surface area contributed by atoms with E-state index in [1.54, 1.807) is 0 Å². The molecule has 0 unspecified atom stereocenters. The second-order valence-corrected chi connectivity index (χ2v) is 8.82. The Hall–Kier alpha value is -1.14. The summed E-state index contributed by atoms with van der Waals surface area (Å²) in [5.41, 5.74) is 0. The van der Waals surface area contributed by atoms with Crippen molar-refractivity contribution < 1.29 is 21.6 Å². The van der Waals surface area contributed by atoms with Crippen LogP contribution in [0.4, 0.5) is 0 Å². The Morgan fingerprint density at radius 3 is 2.21 bits per heavy atom. The molecular weight excluding hydrogens is 292 g/mol. The van der Waals surface area contributed by atoms with Crippen LogP contribution in [0.1, 0.15) is 12.8 Å². The van der Waals surface area contributed by atoms with E-state index in [9.17, 15) is 21.6 Å². The Bertz CT molecular complexity index is 545. The minimum atomic E-state index is -3.56. The topological polar surface area (TPSA) is 112 Å². The molecule has 0 spiro atoms. The van der Waals surface area contributed by atoms with Gasteiger partial charge in [-0.25, -0.2) is 16.8 Å². The van der Waals surface area contributed by atoms with Crippen molar-refractivity contribution in [1.82, 2.24) is 4.90 Å². The third-order valence-corrected chi connectivity index (χ3v) is 5.23. The number of hydrogen-bond donors (Lipinski definition) is 0. The van der Waals surface area contributed by atoms with Crippen molar-refractivity contribution in [1.29, 1.82) is 5.26 Å². The lowest BCUT2D eigenvalue weighted by Crippen LogP contribution is -2.30. The van der Waals surface area contributed by atoms with Gasteiger partial charge in [0.05, 0.1) is 29.7 Å².